The van der Waals surface area contributed by atoms with Crippen molar-refractivity contribution in [3.8, 4) is 5.75 Å². The first-order chi connectivity index (χ1) is 15.9. The maximum atomic E-state index is 12.7. The van der Waals surface area contributed by atoms with Gasteiger partial charge in [0.15, 0.2) is 6.61 Å². The molecule has 2 N–H and O–H groups in total. The second-order valence-corrected chi connectivity index (χ2v) is 8.09. The molecule has 1 aliphatic rings. The van der Waals surface area contributed by atoms with E-state index >= 15 is 0 Å². The predicted molar refractivity (Wildman–Crippen MR) is 125 cm³/mol. The van der Waals surface area contributed by atoms with Crippen LogP contribution in [-0.2, 0) is 14.4 Å². The zero-order valence-electron chi connectivity index (χ0n) is 17.2. The smallest absolute Gasteiger partial charge is 0.341 e. The molecule has 1 fully saturated rings. The summed E-state index contributed by atoms with van der Waals surface area (Å²) in [5.41, 5.74) is 1.23. The average molecular weight is 462 g/mol. The van der Waals surface area contributed by atoms with Gasteiger partial charge in [-0.05, 0) is 47.0 Å². The van der Waals surface area contributed by atoms with Crippen molar-refractivity contribution < 1.29 is 29.0 Å². The first-order valence-corrected chi connectivity index (χ1v) is 10.7. The fourth-order valence-corrected chi connectivity index (χ4v) is 4.10. The minimum absolute atomic E-state index is 0.192. The molecule has 0 atom stereocenters. The summed E-state index contributed by atoms with van der Waals surface area (Å²) in [7, 11) is 0. The Balaban J connectivity index is 1.42. The van der Waals surface area contributed by atoms with Crippen molar-refractivity contribution in [3.63, 3.8) is 0 Å². The molecule has 0 aliphatic carbocycles. The van der Waals surface area contributed by atoms with E-state index in [1.54, 1.807) is 30.3 Å². The third-order valence-electron chi connectivity index (χ3n) is 4.78. The highest BCUT2D eigenvalue weighted by Crippen LogP contribution is 2.32. The Labute approximate surface area is 192 Å². The number of ether oxygens (including phenoxy) is 1. The quantitative estimate of drug-likeness (QED) is 0.511. The van der Waals surface area contributed by atoms with Crippen molar-refractivity contribution in [1.29, 1.82) is 0 Å². The SMILES string of the molecule is O=C(O)COc1ccc(/C=C2/SC(=O)N(CC(=O)Nc3cccc4ccccc34)C2=O)cc1. The summed E-state index contributed by atoms with van der Waals surface area (Å²) in [5, 5.41) is 12.7. The number of hydrogen-bond donors (Lipinski definition) is 2. The Bertz CT molecular complexity index is 1280. The van der Waals surface area contributed by atoms with Gasteiger partial charge in [-0.2, -0.15) is 0 Å². The standard InChI is InChI=1S/C24H18N2O6S/c27-21(25-19-7-3-5-16-4-1-2-6-18(16)19)13-26-23(30)20(33-24(26)31)12-15-8-10-17(11-9-15)32-14-22(28)29/h1-12H,13-14H2,(H,25,27)(H,28,29)/b20-12+. The van der Waals surface area contributed by atoms with Crippen LogP contribution in [-0.4, -0.2) is 46.2 Å². The number of carboxylic acid groups (broad SMARTS) is 1. The number of nitrogens with zero attached hydrogens (tertiary/aromatic N) is 1. The van der Waals surface area contributed by atoms with Crippen LogP contribution in [0, 0.1) is 0 Å². The number of carbonyl (C=O) groups excluding carboxylic acids is 3. The Morgan fingerprint density at radius 3 is 2.48 bits per heavy atom. The Hall–Kier alpha value is -4.11. The largest absolute Gasteiger partial charge is 0.482 e. The van der Waals surface area contributed by atoms with Crippen LogP contribution in [0.4, 0.5) is 10.5 Å². The molecule has 1 saturated heterocycles. The lowest BCUT2D eigenvalue weighted by molar-refractivity contribution is -0.139. The van der Waals surface area contributed by atoms with E-state index in [0.29, 0.717) is 17.0 Å². The zero-order valence-corrected chi connectivity index (χ0v) is 18.0. The number of imide groups is 1. The van der Waals surface area contributed by atoms with Gasteiger partial charge in [0.05, 0.1) is 4.91 Å². The molecule has 1 heterocycles. The predicted octanol–water partition coefficient (Wildman–Crippen LogP) is 3.98. The molecule has 1 aliphatic heterocycles. The minimum atomic E-state index is -1.09. The Morgan fingerprint density at radius 2 is 1.73 bits per heavy atom. The van der Waals surface area contributed by atoms with Crippen LogP contribution in [0.25, 0.3) is 16.8 Å². The van der Waals surface area contributed by atoms with Crippen LogP contribution in [0.1, 0.15) is 5.56 Å². The van der Waals surface area contributed by atoms with Gasteiger partial charge in [-0.1, -0.05) is 48.5 Å². The maximum absolute atomic E-state index is 12.7. The van der Waals surface area contributed by atoms with Crippen LogP contribution in [0.2, 0.25) is 0 Å². The van der Waals surface area contributed by atoms with Gasteiger partial charge in [-0.3, -0.25) is 19.3 Å². The van der Waals surface area contributed by atoms with E-state index < -0.39 is 36.2 Å². The van der Waals surface area contributed by atoms with Crippen LogP contribution >= 0.6 is 11.8 Å². The molecule has 166 valence electrons. The fourth-order valence-electron chi connectivity index (χ4n) is 3.26. The molecule has 3 amide bonds. The number of hydrogen-bond acceptors (Lipinski definition) is 6. The number of carboxylic acids is 1. The summed E-state index contributed by atoms with van der Waals surface area (Å²) >= 11 is 0.755. The lowest BCUT2D eigenvalue weighted by Crippen LogP contribution is -2.36. The summed E-state index contributed by atoms with van der Waals surface area (Å²) in [6.07, 6.45) is 1.54. The van der Waals surface area contributed by atoms with Crippen molar-refractivity contribution in [2.75, 3.05) is 18.5 Å². The molecule has 33 heavy (non-hydrogen) atoms. The van der Waals surface area contributed by atoms with Crippen LogP contribution < -0.4 is 10.1 Å². The van der Waals surface area contributed by atoms with Crippen molar-refractivity contribution in [2.45, 2.75) is 0 Å². The van der Waals surface area contributed by atoms with Crippen LogP contribution in [0.15, 0.2) is 71.6 Å². The van der Waals surface area contributed by atoms with Gasteiger partial charge >= 0.3 is 5.97 Å². The Kier molecular flexibility index (Phi) is 6.41. The lowest BCUT2D eigenvalue weighted by Gasteiger charge is -2.13. The molecule has 9 heteroatoms. The first kappa shape index (κ1) is 22.1. The van der Waals surface area contributed by atoms with Gasteiger partial charge in [0.25, 0.3) is 11.1 Å². The number of thioether (sulfide) groups is 1. The van der Waals surface area contributed by atoms with Crippen molar-refractivity contribution in [1.82, 2.24) is 4.90 Å². The number of aliphatic carboxylic acids is 1. The highest BCUT2D eigenvalue weighted by molar-refractivity contribution is 8.18. The molecule has 0 radical (unpaired) electrons. The second kappa shape index (κ2) is 9.58. The van der Waals surface area contributed by atoms with Crippen molar-refractivity contribution in [2.24, 2.45) is 0 Å². The lowest BCUT2D eigenvalue weighted by atomic mass is 10.1. The number of fused-ring (bicyclic) bond motifs is 1. The van der Waals surface area contributed by atoms with Crippen molar-refractivity contribution >= 4 is 57.3 Å². The van der Waals surface area contributed by atoms with Gasteiger partial charge in [-0.25, -0.2) is 4.79 Å². The summed E-state index contributed by atoms with van der Waals surface area (Å²) in [4.78, 5) is 49.3. The molecule has 0 bridgehead atoms. The third kappa shape index (κ3) is 5.21. The number of carbonyl (C=O) groups is 4. The summed E-state index contributed by atoms with van der Waals surface area (Å²) in [5.74, 6) is -1.75. The molecular formula is C24H18N2O6S. The molecule has 4 rings (SSSR count). The van der Waals surface area contributed by atoms with Crippen LogP contribution in [0.3, 0.4) is 0 Å². The highest BCUT2D eigenvalue weighted by Gasteiger charge is 2.36. The van der Waals surface area contributed by atoms with E-state index in [-0.39, 0.29) is 4.91 Å². The number of anilines is 1. The number of rotatable bonds is 7. The van der Waals surface area contributed by atoms with E-state index in [1.807, 2.05) is 36.4 Å². The highest BCUT2D eigenvalue weighted by atomic mass is 32.2. The zero-order chi connectivity index (χ0) is 23.4. The van der Waals surface area contributed by atoms with E-state index in [1.165, 1.54) is 6.08 Å². The second-order valence-electron chi connectivity index (χ2n) is 7.09. The average Bonchev–Trinajstić information content (AvgIpc) is 3.06. The molecule has 0 aromatic heterocycles. The van der Waals surface area contributed by atoms with Gasteiger partial charge in [0.1, 0.15) is 12.3 Å². The molecule has 0 unspecified atom stereocenters. The third-order valence-corrected chi connectivity index (χ3v) is 5.69. The molecular weight excluding hydrogens is 444 g/mol. The molecule has 3 aromatic carbocycles. The summed E-state index contributed by atoms with van der Waals surface area (Å²) in [6, 6.07) is 19.5. The minimum Gasteiger partial charge on any atom is -0.482 e. The monoisotopic (exact) mass is 462 g/mol. The van der Waals surface area contributed by atoms with E-state index in [2.05, 4.69) is 5.32 Å². The Morgan fingerprint density at radius 1 is 1.00 bits per heavy atom. The maximum Gasteiger partial charge on any atom is 0.341 e. The first-order valence-electron chi connectivity index (χ1n) is 9.88. The molecule has 3 aromatic rings. The van der Waals surface area contributed by atoms with Gasteiger partial charge in [0, 0.05) is 11.1 Å². The van der Waals surface area contributed by atoms with Crippen LogP contribution in [0.5, 0.6) is 5.75 Å². The molecule has 8 nitrogen and oxygen atoms in total. The summed E-state index contributed by atoms with van der Waals surface area (Å²) in [6.45, 7) is -0.855. The van der Waals surface area contributed by atoms with E-state index in [9.17, 15) is 19.2 Å². The molecule has 0 saturated carbocycles. The van der Waals surface area contributed by atoms with E-state index in [0.717, 1.165) is 27.4 Å². The summed E-state index contributed by atoms with van der Waals surface area (Å²) < 4.78 is 5.07. The molecule has 0 spiro atoms. The van der Waals surface area contributed by atoms with Gasteiger partial charge < -0.3 is 15.2 Å². The number of amides is 3. The normalized spacial score (nSPS) is 14.7. The van der Waals surface area contributed by atoms with E-state index in [4.69, 9.17) is 9.84 Å². The van der Waals surface area contributed by atoms with Crippen molar-refractivity contribution in [3.05, 3.63) is 77.2 Å². The number of nitrogens with one attached hydrogen (secondary N) is 1. The van der Waals surface area contributed by atoms with Gasteiger partial charge in [-0.15, -0.1) is 0 Å². The fraction of sp³-hybridized carbons (Fsp3) is 0.0833. The van der Waals surface area contributed by atoms with Gasteiger partial charge in [0.2, 0.25) is 5.91 Å². The topological polar surface area (TPSA) is 113 Å². The number of benzene rings is 3.